The van der Waals surface area contributed by atoms with Crippen LogP contribution in [-0.4, -0.2) is 24.9 Å². The first-order chi connectivity index (χ1) is 10.1. The number of hydrogen-bond donors (Lipinski definition) is 1. The van der Waals surface area contributed by atoms with Gasteiger partial charge in [0.2, 0.25) is 0 Å². The van der Waals surface area contributed by atoms with E-state index < -0.39 is 0 Å². The number of ether oxygens (including phenoxy) is 1. The number of rotatable bonds is 14. The fourth-order valence-corrected chi connectivity index (χ4v) is 2.28. The van der Waals surface area contributed by atoms with Crippen LogP contribution in [0.3, 0.4) is 0 Å². The summed E-state index contributed by atoms with van der Waals surface area (Å²) in [5.41, 5.74) is 0.499. The van der Waals surface area contributed by atoms with Gasteiger partial charge in [0.15, 0.2) is 0 Å². The monoisotopic (exact) mass is 298 g/mol. The van der Waals surface area contributed by atoms with Crippen LogP contribution in [0.15, 0.2) is 12.2 Å². The van der Waals surface area contributed by atoms with Crippen LogP contribution in [0.5, 0.6) is 0 Å². The van der Waals surface area contributed by atoms with Gasteiger partial charge in [-0.15, -0.1) is 0 Å². The predicted molar refractivity (Wildman–Crippen MR) is 92.7 cm³/mol. The third-order valence-electron chi connectivity index (χ3n) is 3.63. The van der Waals surface area contributed by atoms with Crippen LogP contribution in [0.25, 0.3) is 0 Å². The Morgan fingerprint density at radius 3 is 2.14 bits per heavy atom. The molecule has 0 rings (SSSR count). The number of unbranched alkanes of at least 4 members (excludes halogenated alkanes) is 7. The zero-order chi connectivity index (χ0) is 15.8. The van der Waals surface area contributed by atoms with Gasteiger partial charge in [0.1, 0.15) is 0 Å². The van der Waals surface area contributed by atoms with E-state index in [1.165, 1.54) is 44.9 Å². The molecule has 0 spiro atoms. The second kappa shape index (κ2) is 14.6. The van der Waals surface area contributed by atoms with Gasteiger partial charge in [-0.05, 0) is 37.5 Å². The van der Waals surface area contributed by atoms with Crippen LogP contribution >= 0.6 is 0 Å². The van der Waals surface area contributed by atoms with Gasteiger partial charge in [0.25, 0.3) is 0 Å². The topological polar surface area (TPSA) is 29.5 Å². The molecule has 2 heteroatoms. The van der Waals surface area contributed by atoms with Crippen LogP contribution in [0, 0.1) is 5.41 Å². The van der Waals surface area contributed by atoms with E-state index in [0.717, 1.165) is 32.5 Å². The summed E-state index contributed by atoms with van der Waals surface area (Å²) in [7, 11) is 0. The van der Waals surface area contributed by atoms with E-state index in [9.17, 15) is 0 Å². The van der Waals surface area contributed by atoms with Crippen LogP contribution < -0.4 is 0 Å². The molecule has 0 aliphatic heterocycles. The van der Waals surface area contributed by atoms with Crippen molar-refractivity contribution in [1.29, 1.82) is 0 Å². The fourth-order valence-electron chi connectivity index (χ4n) is 2.28. The van der Waals surface area contributed by atoms with Gasteiger partial charge in [-0.2, -0.15) is 0 Å². The summed E-state index contributed by atoms with van der Waals surface area (Å²) in [5, 5.41) is 8.64. The number of hydrogen-bond acceptors (Lipinski definition) is 2. The molecule has 0 saturated carbocycles. The van der Waals surface area contributed by atoms with Crippen molar-refractivity contribution in [2.75, 3.05) is 19.8 Å². The molecule has 0 unspecified atom stereocenters. The molecule has 0 saturated heterocycles. The molecule has 1 N–H and O–H groups in total. The average Bonchev–Trinajstić information content (AvgIpc) is 2.42. The van der Waals surface area contributed by atoms with Crippen molar-refractivity contribution < 1.29 is 9.84 Å². The van der Waals surface area contributed by atoms with E-state index in [1.54, 1.807) is 0 Å². The third kappa shape index (κ3) is 19.7. The van der Waals surface area contributed by atoms with E-state index in [-0.39, 0.29) is 0 Å². The van der Waals surface area contributed by atoms with E-state index in [2.05, 4.69) is 32.9 Å². The fraction of sp³-hybridized carbons (Fsp3) is 0.895. The van der Waals surface area contributed by atoms with Gasteiger partial charge >= 0.3 is 0 Å². The minimum atomic E-state index is 0.306. The zero-order valence-electron chi connectivity index (χ0n) is 14.7. The van der Waals surface area contributed by atoms with Gasteiger partial charge < -0.3 is 9.84 Å². The highest BCUT2D eigenvalue weighted by molar-refractivity contribution is 4.81. The van der Waals surface area contributed by atoms with Crippen molar-refractivity contribution in [1.82, 2.24) is 0 Å². The molecule has 0 aliphatic rings. The van der Waals surface area contributed by atoms with Crippen LogP contribution in [0.2, 0.25) is 0 Å². The number of aliphatic hydroxyl groups is 1. The summed E-state index contributed by atoms with van der Waals surface area (Å²) in [5.74, 6) is 0. The highest BCUT2D eigenvalue weighted by atomic mass is 16.5. The predicted octanol–water partition coefficient (Wildman–Crippen LogP) is 5.50. The molecule has 0 aromatic carbocycles. The lowest BCUT2D eigenvalue weighted by molar-refractivity contribution is 0.157. The Bertz CT molecular complexity index is 228. The molecular weight excluding hydrogens is 260 g/mol. The smallest absolute Gasteiger partial charge is 0.0647 e. The Labute approximate surface area is 133 Å². The van der Waals surface area contributed by atoms with Gasteiger partial charge in [-0.3, -0.25) is 0 Å². The van der Waals surface area contributed by atoms with Crippen molar-refractivity contribution >= 4 is 0 Å². The molecule has 0 aromatic heterocycles. The van der Waals surface area contributed by atoms with Crippen LogP contribution in [-0.2, 0) is 4.74 Å². The third-order valence-corrected chi connectivity index (χ3v) is 3.63. The van der Waals surface area contributed by atoms with Crippen LogP contribution in [0.4, 0.5) is 0 Å². The quantitative estimate of drug-likeness (QED) is 0.339. The Morgan fingerprint density at radius 1 is 0.810 bits per heavy atom. The van der Waals surface area contributed by atoms with Crippen molar-refractivity contribution in [3.8, 4) is 0 Å². The average molecular weight is 299 g/mol. The largest absolute Gasteiger partial charge is 0.396 e. The van der Waals surface area contributed by atoms with E-state index in [1.807, 2.05) is 0 Å². The lowest BCUT2D eigenvalue weighted by atomic mass is 9.89. The summed E-state index contributed by atoms with van der Waals surface area (Å²) in [6.45, 7) is 8.91. The van der Waals surface area contributed by atoms with Crippen molar-refractivity contribution in [3.05, 3.63) is 12.2 Å². The first kappa shape index (κ1) is 20.7. The minimum Gasteiger partial charge on any atom is -0.396 e. The Hall–Kier alpha value is -0.340. The summed E-state index contributed by atoms with van der Waals surface area (Å²) < 4.78 is 5.58. The molecule has 0 radical (unpaired) electrons. The Morgan fingerprint density at radius 2 is 1.48 bits per heavy atom. The molecule has 0 amide bonds. The van der Waals surface area contributed by atoms with Gasteiger partial charge in [-0.1, -0.05) is 65.0 Å². The summed E-state index contributed by atoms with van der Waals surface area (Å²) in [6, 6.07) is 0. The summed E-state index contributed by atoms with van der Waals surface area (Å²) in [6.07, 6.45) is 16.6. The van der Waals surface area contributed by atoms with Crippen LogP contribution in [0.1, 0.15) is 85.0 Å². The molecule has 0 fully saturated rings. The molecule has 0 heterocycles. The Balaban J connectivity index is 3.09. The number of allylic oxidation sites excluding steroid dienone is 1. The highest BCUT2D eigenvalue weighted by Gasteiger charge is 2.08. The van der Waals surface area contributed by atoms with E-state index in [4.69, 9.17) is 9.84 Å². The maximum atomic E-state index is 8.64. The standard InChI is InChI=1S/C19H38O2/c1-19(2,3)15-11-7-4-5-9-13-17-21-18-14-10-6-8-12-16-20/h10,14,20H,4-9,11-13,15-18H2,1-3H3/b14-10-. The molecule has 21 heavy (non-hydrogen) atoms. The SMILES string of the molecule is CC(C)(C)CCCCCCCCOC/C=C\CCCCO. The molecule has 0 aliphatic carbocycles. The normalized spacial score (nSPS) is 12.4. The van der Waals surface area contributed by atoms with E-state index >= 15 is 0 Å². The lowest BCUT2D eigenvalue weighted by Gasteiger charge is -2.17. The lowest BCUT2D eigenvalue weighted by Crippen LogP contribution is -2.03. The van der Waals surface area contributed by atoms with E-state index in [0.29, 0.717) is 12.0 Å². The minimum absolute atomic E-state index is 0.306. The van der Waals surface area contributed by atoms with Gasteiger partial charge in [0, 0.05) is 13.2 Å². The van der Waals surface area contributed by atoms with Crippen molar-refractivity contribution in [2.45, 2.75) is 85.0 Å². The maximum Gasteiger partial charge on any atom is 0.0647 e. The first-order valence-electron chi connectivity index (χ1n) is 8.90. The molecule has 0 atom stereocenters. The first-order valence-corrected chi connectivity index (χ1v) is 8.90. The van der Waals surface area contributed by atoms with Gasteiger partial charge in [0.05, 0.1) is 6.61 Å². The molecule has 0 aromatic rings. The highest BCUT2D eigenvalue weighted by Crippen LogP contribution is 2.22. The molecule has 126 valence electrons. The molecule has 2 nitrogen and oxygen atoms in total. The maximum absolute atomic E-state index is 8.64. The van der Waals surface area contributed by atoms with Gasteiger partial charge in [-0.25, -0.2) is 0 Å². The second-order valence-corrected chi connectivity index (χ2v) is 7.20. The van der Waals surface area contributed by atoms with Crippen molar-refractivity contribution in [2.24, 2.45) is 5.41 Å². The Kier molecular flexibility index (Phi) is 14.4. The number of aliphatic hydroxyl groups excluding tert-OH is 1. The molecule has 0 bridgehead atoms. The summed E-state index contributed by atoms with van der Waals surface area (Å²) in [4.78, 5) is 0. The second-order valence-electron chi connectivity index (χ2n) is 7.20. The molecular formula is C19H38O2. The van der Waals surface area contributed by atoms with Crippen molar-refractivity contribution in [3.63, 3.8) is 0 Å². The zero-order valence-corrected chi connectivity index (χ0v) is 14.7. The summed E-state index contributed by atoms with van der Waals surface area (Å²) >= 11 is 0.